The number of methoxy groups -OCH3 is 1. The molecule has 3 heterocycles. The molecule has 2 aromatic heterocycles. The van der Waals surface area contributed by atoms with Crippen molar-refractivity contribution in [3.05, 3.63) is 70.9 Å². The summed E-state index contributed by atoms with van der Waals surface area (Å²) in [6.45, 7) is 6.30. The zero-order chi connectivity index (χ0) is 22.8. The van der Waals surface area contributed by atoms with Crippen LogP contribution >= 0.6 is 11.3 Å². The number of benzene rings is 2. The van der Waals surface area contributed by atoms with Crippen molar-refractivity contribution in [2.45, 2.75) is 19.9 Å². The lowest BCUT2D eigenvalue weighted by molar-refractivity contribution is 0.245. The SMILES string of the molecule is CCc1cc2c(N3CCN(Cc4cc(F)ccc4OC)CC3)nc(-c3ccccc3)nc2s1. The van der Waals surface area contributed by atoms with Gasteiger partial charge in [0.15, 0.2) is 5.82 Å². The second kappa shape index (κ2) is 9.45. The lowest BCUT2D eigenvalue weighted by atomic mass is 10.1. The van der Waals surface area contributed by atoms with E-state index >= 15 is 0 Å². The Morgan fingerprint density at radius 2 is 1.79 bits per heavy atom. The number of anilines is 1. The molecule has 0 unspecified atom stereocenters. The zero-order valence-electron chi connectivity index (χ0n) is 18.9. The Kier molecular flexibility index (Phi) is 6.24. The minimum absolute atomic E-state index is 0.231. The van der Waals surface area contributed by atoms with Crippen LogP contribution in [0.3, 0.4) is 0 Å². The van der Waals surface area contributed by atoms with E-state index in [4.69, 9.17) is 14.7 Å². The minimum atomic E-state index is -0.231. The highest BCUT2D eigenvalue weighted by atomic mass is 32.1. The van der Waals surface area contributed by atoms with E-state index in [0.717, 1.165) is 71.3 Å². The topological polar surface area (TPSA) is 41.5 Å². The maximum atomic E-state index is 13.8. The van der Waals surface area contributed by atoms with E-state index in [9.17, 15) is 4.39 Å². The lowest BCUT2D eigenvalue weighted by Gasteiger charge is -2.36. The van der Waals surface area contributed by atoms with Crippen molar-refractivity contribution in [1.82, 2.24) is 14.9 Å². The fourth-order valence-corrected chi connectivity index (χ4v) is 5.28. The minimum Gasteiger partial charge on any atom is -0.496 e. The predicted octanol–water partition coefficient (Wildman–Crippen LogP) is 5.39. The van der Waals surface area contributed by atoms with Crippen LogP contribution in [0.2, 0.25) is 0 Å². The second-order valence-electron chi connectivity index (χ2n) is 8.24. The second-order valence-corrected chi connectivity index (χ2v) is 9.36. The Morgan fingerprint density at radius 3 is 2.52 bits per heavy atom. The molecule has 1 saturated heterocycles. The van der Waals surface area contributed by atoms with Gasteiger partial charge < -0.3 is 9.64 Å². The molecule has 0 saturated carbocycles. The molecule has 2 aromatic carbocycles. The first-order valence-corrected chi connectivity index (χ1v) is 12.1. The first kappa shape index (κ1) is 21.8. The number of rotatable bonds is 6. The van der Waals surface area contributed by atoms with Crippen LogP contribution in [-0.2, 0) is 13.0 Å². The van der Waals surface area contributed by atoms with Gasteiger partial charge >= 0.3 is 0 Å². The van der Waals surface area contributed by atoms with Gasteiger partial charge in [0, 0.05) is 48.7 Å². The molecule has 1 aliphatic heterocycles. The molecule has 7 heteroatoms. The number of piperazine rings is 1. The standard InChI is InChI=1S/C26H27FN4OS/c1-3-21-16-22-25(28-24(29-26(22)33-21)18-7-5-4-6-8-18)31-13-11-30(12-14-31)17-19-15-20(27)9-10-23(19)32-2/h4-10,15-16H,3,11-14,17H2,1-2H3. The van der Waals surface area contributed by atoms with Gasteiger partial charge in [-0.25, -0.2) is 14.4 Å². The summed E-state index contributed by atoms with van der Waals surface area (Å²) in [7, 11) is 1.63. The summed E-state index contributed by atoms with van der Waals surface area (Å²) in [6.07, 6.45) is 0.990. The molecular weight excluding hydrogens is 435 g/mol. The van der Waals surface area contributed by atoms with Crippen LogP contribution in [0.25, 0.3) is 21.6 Å². The number of halogens is 1. The molecule has 5 nitrogen and oxygen atoms in total. The van der Waals surface area contributed by atoms with Gasteiger partial charge in [0.25, 0.3) is 0 Å². The molecule has 0 bridgehead atoms. The monoisotopic (exact) mass is 462 g/mol. The number of nitrogens with zero attached hydrogens (tertiary/aromatic N) is 4. The maximum absolute atomic E-state index is 13.8. The molecule has 0 atom stereocenters. The lowest BCUT2D eigenvalue weighted by Crippen LogP contribution is -2.46. The Morgan fingerprint density at radius 1 is 1.00 bits per heavy atom. The van der Waals surface area contributed by atoms with Crippen molar-refractivity contribution in [2.75, 3.05) is 38.2 Å². The molecule has 5 rings (SSSR count). The maximum Gasteiger partial charge on any atom is 0.163 e. The summed E-state index contributed by atoms with van der Waals surface area (Å²) >= 11 is 1.75. The molecule has 0 N–H and O–H groups in total. The Labute approximate surface area is 197 Å². The highest BCUT2D eigenvalue weighted by Gasteiger charge is 2.23. The van der Waals surface area contributed by atoms with E-state index < -0.39 is 0 Å². The number of ether oxygens (including phenoxy) is 1. The normalized spacial score (nSPS) is 14.7. The van der Waals surface area contributed by atoms with Crippen molar-refractivity contribution >= 4 is 27.4 Å². The van der Waals surface area contributed by atoms with Crippen LogP contribution in [0.15, 0.2) is 54.6 Å². The molecule has 0 spiro atoms. The molecule has 0 amide bonds. The number of hydrogen-bond acceptors (Lipinski definition) is 6. The van der Waals surface area contributed by atoms with Crippen molar-refractivity contribution in [2.24, 2.45) is 0 Å². The summed E-state index contributed by atoms with van der Waals surface area (Å²) in [4.78, 5) is 17.0. The summed E-state index contributed by atoms with van der Waals surface area (Å²) < 4.78 is 19.2. The quantitative estimate of drug-likeness (QED) is 0.384. The average molecular weight is 463 g/mol. The Balaban J connectivity index is 1.40. The van der Waals surface area contributed by atoms with Crippen molar-refractivity contribution < 1.29 is 9.13 Å². The first-order valence-electron chi connectivity index (χ1n) is 11.3. The van der Waals surface area contributed by atoms with E-state index in [1.807, 2.05) is 18.2 Å². The molecule has 0 radical (unpaired) electrons. The number of hydrogen-bond donors (Lipinski definition) is 0. The van der Waals surface area contributed by atoms with Crippen LogP contribution in [0.1, 0.15) is 17.4 Å². The van der Waals surface area contributed by atoms with E-state index in [-0.39, 0.29) is 5.82 Å². The van der Waals surface area contributed by atoms with Crippen molar-refractivity contribution in [3.8, 4) is 17.1 Å². The molecule has 0 aliphatic carbocycles. The van der Waals surface area contributed by atoms with Gasteiger partial charge in [0.05, 0.1) is 12.5 Å². The molecule has 170 valence electrons. The summed E-state index contributed by atoms with van der Waals surface area (Å²) in [6, 6.07) is 17.1. The highest BCUT2D eigenvalue weighted by Crippen LogP contribution is 2.34. The highest BCUT2D eigenvalue weighted by molar-refractivity contribution is 7.18. The van der Waals surface area contributed by atoms with E-state index in [1.165, 1.54) is 10.9 Å². The molecule has 1 aliphatic rings. The third-order valence-corrected chi connectivity index (χ3v) is 7.29. The predicted molar refractivity (Wildman–Crippen MR) is 133 cm³/mol. The molecule has 4 aromatic rings. The van der Waals surface area contributed by atoms with Crippen molar-refractivity contribution in [1.29, 1.82) is 0 Å². The van der Waals surface area contributed by atoms with Gasteiger partial charge in [-0.05, 0) is 30.7 Å². The smallest absolute Gasteiger partial charge is 0.163 e. The number of aryl methyl sites for hydroxylation is 1. The van der Waals surface area contributed by atoms with E-state index in [0.29, 0.717) is 6.54 Å². The number of thiophene rings is 1. The Hall–Kier alpha value is -3.03. The molecule has 33 heavy (non-hydrogen) atoms. The first-order chi connectivity index (χ1) is 16.1. The fraction of sp³-hybridized carbons (Fsp3) is 0.308. The van der Waals surface area contributed by atoms with Gasteiger partial charge in [0.1, 0.15) is 22.2 Å². The van der Waals surface area contributed by atoms with Crippen LogP contribution < -0.4 is 9.64 Å². The average Bonchev–Trinajstić information content (AvgIpc) is 3.28. The number of fused-ring (bicyclic) bond motifs is 1. The summed E-state index contributed by atoms with van der Waals surface area (Å²) in [5.74, 6) is 2.28. The third kappa shape index (κ3) is 4.56. The van der Waals surface area contributed by atoms with E-state index in [1.54, 1.807) is 30.6 Å². The van der Waals surface area contributed by atoms with E-state index in [2.05, 4.69) is 34.9 Å². The van der Waals surface area contributed by atoms with Crippen LogP contribution in [-0.4, -0.2) is 48.2 Å². The van der Waals surface area contributed by atoms with Crippen LogP contribution in [0, 0.1) is 5.82 Å². The van der Waals surface area contributed by atoms with Gasteiger partial charge in [-0.15, -0.1) is 11.3 Å². The van der Waals surface area contributed by atoms with Gasteiger partial charge in [0.2, 0.25) is 0 Å². The summed E-state index contributed by atoms with van der Waals surface area (Å²) in [5.41, 5.74) is 1.91. The van der Waals surface area contributed by atoms with Crippen LogP contribution in [0.5, 0.6) is 5.75 Å². The summed E-state index contributed by atoms with van der Waals surface area (Å²) in [5, 5.41) is 1.14. The van der Waals surface area contributed by atoms with Gasteiger partial charge in [-0.2, -0.15) is 0 Å². The molecule has 1 fully saturated rings. The third-order valence-electron chi connectivity index (χ3n) is 6.11. The molecular formula is C26H27FN4OS. The van der Waals surface area contributed by atoms with Crippen molar-refractivity contribution in [3.63, 3.8) is 0 Å². The Bertz CT molecular complexity index is 1250. The van der Waals surface area contributed by atoms with Crippen LogP contribution in [0.4, 0.5) is 10.2 Å². The fourth-order valence-electron chi connectivity index (χ4n) is 4.32. The largest absolute Gasteiger partial charge is 0.496 e. The van der Waals surface area contributed by atoms with Gasteiger partial charge in [-0.3, -0.25) is 4.90 Å². The zero-order valence-corrected chi connectivity index (χ0v) is 19.7. The number of aromatic nitrogens is 2. The van der Waals surface area contributed by atoms with Gasteiger partial charge in [-0.1, -0.05) is 37.3 Å².